The molecule has 4 nitrogen and oxygen atoms in total. The molecule has 0 bridgehead atoms. The summed E-state index contributed by atoms with van der Waals surface area (Å²) in [5.41, 5.74) is 6.08. The van der Waals surface area contributed by atoms with Gasteiger partial charge in [-0.1, -0.05) is 23.7 Å². The molecule has 3 rings (SSSR count). The van der Waals surface area contributed by atoms with Gasteiger partial charge in [0, 0.05) is 22.7 Å². The summed E-state index contributed by atoms with van der Waals surface area (Å²) in [5, 5.41) is 0.732. The second kappa shape index (κ2) is 5.15. The maximum Gasteiger partial charge on any atom is 0.147 e. The molecule has 1 aliphatic carbocycles. The molecule has 0 saturated heterocycles. The Kier molecular flexibility index (Phi) is 3.36. The second-order valence-corrected chi connectivity index (χ2v) is 5.15. The molecule has 3 N–H and O–H groups in total. The number of nitrogens with two attached hydrogens (primary N) is 1. The van der Waals surface area contributed by atoms with E-state index in [1.165, 1.54) is 0 Å². The van der Waals surface area contributed by atoms with Crippen LogP contribution in [-0.4, -0.2) is 9.97 Å². The van der Waals surface area contributed by atoms with E-state index in [1.54, 1.807) is 0 Å². The lowest BCUT2D eigenvalue weighted by Gasteiger charge is -2.09. The molecule has 0 atom stereocenters. The van der Waals surface area contributed by atoms with Gasteiger partial charge in [0.05, 0.1) is 0 Å². The standard InChI is InChI=1S/C14H15ClN4/c15-10-4-1-3-9(7-10)8-13-17-12-6-2-5-11(12)14(18-13)19-16/h1,3-4,7H,2,5-6,8,16H2,(H,17,18,19). The van der Waals surface area contributed by atoms with Gasteiger partial charge in [0.2, 0.25) is 0 Å². The predicted molar refractivity (Wildman–Crippen MR) is 76.1 cm³/mol. The SMILES string of the molecule is NNc1nc(Cc2cccc(Cl)c2)nc2c1CCC2. The highest BCUT2D eigenvalue weighted by molar-refractivity contribution is 6.30. The van der Waals surface area contributed by atoms with Crippen LogP contribution in [0.5, 0.6) is 0 Å². The molecule has 1 aromatic heterocycles. The Hall–Kier alpha value is -1.65. The third-order valence-corrected chi connectivity index (χ3v) is 3.60. The van der Waals surface area contributed by atoms with E-state index in [1.807, 2.05) is 24.3 Å². The smallest absolute Gasteiger partial charge is 0.147 e. The van der Waals surface area contributed by atoms with Crippen LogP contribution in [0.1, 0.15) is 29.1 Å². The van der Waals surface area contributed by atoms with E-state index in [0.717, 1.165) is 52.7 Å². The van der Waals surface area contributed by atoms with Gasteiger partial charge in [0.25, 0.3) is 0 Å². The predicted octanol–water partition coefficient (Wildman–Crippen LogP) is 2.50. The van der Waals surface area contributed by atoms with E-state index in [-0.39, 0.29) is 0 Å². The van der Waals surface area contributed by atoms with Crippen molar-refractivity contribution in [1.82, 2.24) is 9.97 Å². The molecular weight excluding hydrogens is 260 g/mol. The normalized spacial score (nSPS) is 13.4. The highest BCUT2D eigenvalue weighted by Gasteiger charge is 2.18. The average molecular weight is 275 g/mol. The summed E-state index contributed by atoms with van der Waals surface area (Å²) in [6.45, 7) is 0. The van der Waals surface area contributed by atoms with Crippen LogP contribution in [-0.2, 0) is 19.3 Å². The van der Waals surface area contributed by atoms with E-state index in [0.29, 0.717) is 6.42 Å². The number of nitrogens with zero attached hydrogens (tertiary/aromatic N) is 2. The summed E-state index contributed by atoms with van der Waals surface area (Å²) in [6.07, 6.45) is 3.81. The monoisotopic (exact) mass is 274 g/mol. The van der Waals surface area contributed by atoms with Crippen molar-refractivity contribution in [2.75, 3.05) is 5.43 Å². The van der Waals surface area contributed by atoms with E-state index in [4.69, 9.17) is 17.4 Å². The fourth-order valence-electron chi connectivity index (χ4n) is 2.51. The van der Waals surface area contributed by atoms with Crippen molar-refractivity contribution < 1.29 is 0 Å². The second-order valence-electron chi connectivity index (χ2n) is 4.72. The molecule has 2 aromatic rings. The Balaban J connectivity index is 1.93. The van der Waals surface area contributed by atoms with Crippen LogP contribution < -0.4 is 11.3 Å². The summed E-state index contributed by atoms with van der Waals surface area (Å²) in [4.78, 5) is 9.13. The Morgan fingerprint density at radius 1 is 1.26 bits per heavy atom. The summed E-state index contributed by atoms with van der Waals surface area (Å²) in [6, 6.07) is 7.76. The number of rotatable bonds is 3. The highest BCUT2D eigenvalue weighted by atomic mass is 35.5. The fraction of sp³-hybridized carbons (Fsp3) is 0.286. The van der Waals surface area contributed by atoms with Gasteiger partial charge in [-0.05, 0) is 37.0 Å². The quantitative estimate of drug-likeness (QED) is 0.667. The van der Waals surface area contributed by atoms with Gasteiger partial charge in [-0.15, -0.1) is 0 Å². The van der Waals surface area contributed by atoms with Crippen LogP contribution in [0.25, 0.3) is 0 Å². The number of hydrogen-bond donors (Lipinski definition) is 2. The minimum Gasteiger partial charge on any atom is -0.308 e. The number of benzene rings is 1. The molecule has 0 amide bonds. The van der Waals surface area contributed by atoms with Gasteiger partial charge >= 0.3 is 0 Å². The molecule has 0 fully saturated rings. The molecule has 0 saturated carbocycles. The zero-order valence-electron chi connectivity index (χ0n) is 10.5. The van der Waals surface area contributed by atoms with Crippen molar-refractivity contribution in [1.29, 1.82) is 0 Å². The first kappa shape index (κ1) is 12.4. The number of anilines is 1. The third-order valence-electron chi connectivity index (χ3n) is 3.37. The van der Waals surface area contributed by atoms with Crippen molar-refractivity contribution in [3.63, 3.8) is 0 Å². The molecular formula is C14H15ClN4. The Morgan fingerprint density at radius 3 is 2.95 bits per heavy atom. The molecule has 0 aliphatic heterocycles. The number of aryl methyl sites for hydroxylation is 1. The Labute approximate surface area is 117 Å². The molecule has 1 aromatic carbocycles. The summed E-state index contributed by atoms with van der Waals surface area (Å²) in [7, 11) is 0. The van der Waals surface area contributed by atoms with E-state index < -0.39 is 0 Å². The zero-order valence-corrected chi connectivity index (χ0v) is 11.2. The first-order valence-electron chi connectivity index (χ1n) is 6.36. The Bertz CT molecular complexity index is 612. The number of aromatic nitrogens is 2. The van der Waals surface area contributed by atoms with Crippen LogP contribution >= 0.6 is 11.6 Å². The number of nitrogen functional groups attached to an aromatic ring is 1. The molecule has 19 heavy (non-hydrogen) atoms. The summed E-state index contributed by atoms with van der Waals surface area (Å²) < 4.78 is 0. The zero-order chi connectivity index (χ0) is 13.2. The molecule has 1 aliphatic rings. The molecule has 1 heterocycles. The van der Waals surface area contributed by atoms with Crippen molar-refractivity contribution in [3.8, 4) is 0 Å². The third kappa shape index (κ3) is 2.55. The number of halogens is 1. The minimum atomic E-state index is 0.669. The maximum atomic E-state index is 5.99. The van der Waals surface area contributed by atoms with Crippen LogP contribution in [0, 0.1) is 0 Å². The lowest BCUT2D eigenvalue weighted by atomic mass is 10.1. The first-order chi connectivity index (χ1) is 9.26. The van der Waals surface area contributed by atoms with Gasteiger partial charge < -0.3 is 5.43 Å². The number of fused-ring (bicyclic) bond motifs is 1. The van der Waals surface area contributed by atoms with Crippen molar-refractivity contribution in [2.24, 2.45) is 5.84 Å². The van der Waals surface area contributed by atoms with Gasteiger partial charge in [0.1, 0.15) is 11.6 Å². The van der Waals surface area contributed by atoms with Gasteiger partial charge in [-0.25, -0.2) is 15.8 Å². The van der Waals surface area contributed by atoms with Crippen LogP contribution in [0.4, 0.5) is 5.82 Å². The average Bonchev–Trinajstić information content (AvgIpc) is 2.86. The van der Waals surface area contributed by atoms with Gasteiger partial charge in [-0.3, -0.25) is 0 Å². The lowest BCUT2D eigenvalue weighted by Crippen LogP contribution is -2.14. The molecule has 0 unspecified atom stereocenters. The van der Waals surface area contributed by atoms with Crippen molar-refractivity contribution >= 4 is 17.4 Å². The molecule has 0 radical (unpaired) electrons. The van der Waals surface area contributed by atoms with Crippen LogP contribution in [0.3, 0.4) is 0 Å². The molecule has 98 valence electrons. The molecule has 5 heteroatoms. The summed E-state index contributed by atoms with van der Waals surface area (Å²) in [5.74, 6) is 7.10. The van der Waals surface area contributed by atoms with Gasteiger partial charge in [0.15, 0.2) is 0 Å². The largest absolute Gasteiger partial charge is 0.308 e. The topological polar surface area (TPSA) is 63.8 Å². The van der Waals surface area contributed by atoms with E-state index in [2.05, 4.69) is 15.4 Å². The van der Waals surface area contributed by atoms with E-state index in [9.17, 15) is 0 Å². The van der Waals surface area contributed by atoms with Crippen molar-refractivity contribution in [2.45, 2.75) is 25.7 Å². The minimum absolute atomic E-state index is 0.669. The summed E-state index contributed by atoms with van der Waals surface area (Å²) >= 11 is 5.99. The fourth-order valence-corrected chi connectivity index (χ4v) is 2.72. The first-order valence-corrected chi connectivity index (χ1v) is 6.74. The van der Waals surface area contributed by atoms with Crippen molar-refractivity contribution in [3.05, 3.63) is 51.9 Å². The van der Waals surface area contributed by atoms with Crippen LogP contribution in [0.15, 0.2) is 24.3 Å². The number of hydrogen-bond acceptors (Lipinski definition) is 4. The number of hydrazine groups is 1. The van der Waals surface area contributed by atoms with Crippen LogP contribution in [0.2, 0.25) is 5.02 Å². The van der Waals surface area contributed by atoms with Gasteiger partial charge in [-0.2, -0.15) is 0 Å². The number of nitrogens with one attached hydrogen (secondary N) is 1. The Morgan fingerprint density at radius 2 is 2.16 bits per heavy atom. The van der Waals surface area contributed by atoms with E-state index >= 15 is 0 Å². The maximum absolute atomic E-state index is 5.99. The highest BCUT2D eigenvalue weighted by Crippen LogP contribution is 2.26. The lowest BCUT2D eigenvalue weighted by molar-refractivity contribution is 0.885. The molecule has 0 spiro atoms.